The average Bonchev–Trinajstić information content (AvgIpc) is 2.89. The number of fused-ring (bicyclic) bond motifs is 1. The predicted octanol–water partition coefficient (Wildman–Crippen LogP) is 5.31. The van der Waals surface area contributed by atoms with E-state index in [1.807, 2.05) is 43.3 Å². The quantitative estimate of drug-likeness (QED) is 0.652. The topological polar surface area (TPSA) is 46.0 Å². The lowest BCUT2D eigenvalue weighted by molar-refractivity contribution is 0.340. The lowest BCUT2D eigenvalue weighted by atomic mass is 10.0. The summed E-state index contributed by atoms with van der Waals surface area (Å²) in [6.45, 7) is 2.52. The summed E-state index contributed by atoms with van der Waals surface area (Å²) in [5, 5.41) is 5.17. The van der Waals surface area contributed by atoms with Crippen LogP contribution in [0.3, 0.4) is 0 Å². The molecule has 4 rings (SSSR count). The number of nitrogens with zero attached hydrogens (tertiary/aromatic N) is 2. The fraction of sp³-hybridized carbons (Fsp3) is 0.0909. The predicted molar refractivity (Wildman–Crippen MR) is 110 cm³/mol. The van der Waals surface area contributed by atoms with E-state index < -0.39 is 0 Å². The van der Waals surface area contributed by atoms with Crippen LogP contribution in [0.4, 0.5) is 10.1 Å². The van der Waals surface area contributed by atoms with Crippen molar-refractivity contribution in [1.29, 1.82) is 0 Å². The first-order valence-corrected chi connectivity index (χ1v) is 9.23. The van der Waals surface area contributed by atoms with E-state index in [1.54, 1.807) is 18.2 Å². The molecule has 6 heteroatoms. The van der Waals surface area contributed by atoms with E-state index in [9.17, 15) is 4.39 Å². The highest BCUT2D eigenvalue weighted by Gasteiger charge is 2.18. The number of nitrogens with one attached hydrogen (secondary N) is 1. The highest BCUT2D eigenvalue weighted by atomic mass is 35.5. The molecule has 0 aliphatic carbocycles. The molecular formula is C22H17ClFN3O. The summed E-state index contributed by atoms with van der Waals surface area (Å²) in [6, 6.07) is 19.3. The van der Waals surface area contributed by atoms with Gasteiger partial charge in [-0.3, -0.25) is 5.43 Å². The minimum absolute atomic E-state index is 0.345. The number of ether oxygens (including phenoxy) is 1. The number of aliphatic imine (C=N–C) groups is 1. The Morgan fingerprint density at radius 3 is 2.39 bits per heavy atom. The lowest BCUT2D eigenvalue weighted by Crippen LogP contribution is -2.19. The molecule has 0 saturated heterocycles. The minimum atomic E-state index is -0.345. The van der Waals surface area contributed by atoms with Crippen LogP contribution in [0.5, 0.6) is 5.75 Å². The van der Waals surface area contributed by atoms with Crippen molar-refractivity contribution in [3.63, 3.8) is 0 Å². The van der Waals surface area contributed by atoms with Gasteiger partial charge in [-0.05, 0) is 73.7 Å². The molecule has 140 valence electrons. The van der Waals surface area contributed by atoms with Gasteiger partial charge in [0.1, 0.15) is 17.3 Å². The van der Waals surface area contributed by atoms with Crippen LogP contribution >= 0.6 is 11.6 Å². The van der Waals surface area contributed by atoms with Crippen molar-refractivity contribution in [3.8, 4) is 5.75 Å². The van der Waals surface area contributed by atoms with Crippen LogP contribution in [0, 0.1) is 5.82 Å². The fourth-order valence-corrected chi connectivity index (χ4v) is 3.07. The van der Waals surface area contributed by atoms with E-state index in [1.165, 1.54) is 12.1 Å². The Hall–Kier alpha value is -3.18. The number of hydrazone groups is 1. The maximum Gasteiger partial charge on any atom is 0.154 e. The van der Waals surface area contributed by atoms with Gasteiger partial charge < -0.3 is 4.74 Å². The first kappa shape index (κ1) is 18.2. The Bertz CT molecular complexity index is 1060. The van der Waals surface area contributed by atoms with E-state index in [2.05, 4.69) is 15.5 Å². The highest BCUT2D eigenvalue weighted by molar-refractivity contribution is 6.30. The van der Waals surface area contributed by atoms with Gasteiger partial charge in [0, 0.05) is 21.7 Å². The third kappa shape index (κ3) is 3.75. The average molecular weight is 394 g/mol. The van der Waals surface area contributed by atoms with Crippen molar-refractivity contribution in [3.05, 3.63) is 94.3 Å². The summed E-state index contributed by atoms with van der Waals surface area (Å²) in [4.78, 5) is 4.66. The molecule has 0 fully saturated rings. The van der Waals surface area contributed by atoms with E-state index in [0.717, 1.165) is 16.9 Å². The third-order valence-electron chi connectivity index (χ3n) is 4.28. The van der Waals surface area contributed by atoms with Gasteiger partial charge >= 0.3 is 0 Å². The smallest absolute Gasteiger partial charge is 0.154 e. The Morgan fingerprint density at radius 1 is 0.964 bits per heavy atom. The van der Waals surface area contributed by atoms with Crippen molar-refractivity contribution in [2.24, 2.45) is 10.1 Å². The van der Waals surface area contributed by atoms with Crippen molar-refractivity contribution in [1.82, 2.24) is 5.43 Å². The molecular weight excluding hydrogens is 377 g/mol. The zero-order valence-electron chi connectivity index (χ0n) is 15.1. The Labute approximate surface area is 167 Å². The first-order valence-electron chi connectivity index (χ1n) is 8.85. The first-order chi connectivity index (χ1) is 13.6. The summed E-state index contributed by atoms with van der Waals surface area (Å²) in [5.74, 6) is 0.985. The second-order valence-corrected chi connectivity index (χ2v) is 6.59. The largest absolute Gasteiger partial charge is 0.494 e. The van der Waals surface area contributed by atoms with Crippen LogP contribution in [-0.2, 0) is 0 Å². The maximum atomic E-state index is 14.0. The molecule has 0 saturated carbocycles. The zero-order valence-corrected chi connectivity index (χ0v) is 15.9. The van der Waals surface area contributed by atoms with Gasteiger partial charge in [0.25, 0.3) is 0 Å². The molecule has 3 aromatic rings. The van der Waals surface area contributed by atoms with Gasteiger partial charge in [-0.25, -0.2) is 9.38 Å². The minimum Gasteiger partial charge on any atom is -0.494 e. The summed E-state index contributed by atoms with van der Waals surface area (Å²) in [5.41, 5.74) is 6.51. The van der Waals surface area contributed by atoms with Crippen molar-refractivity contribution >= 4 is 28.8 Å². The second kappa shape index (κ2) is 7.82. The molecule has 3 aromatic carbocycles. The number of amidine groups is 1. The summed E-state index contributed by atoms with van der Waals surface area (Å²) in [7, 11) is 0. The molecule has 1 heterocycles. The molecule has 1 N–H and O–H groups in total. The molecule has 0 spiro atoms. The number of halogens is 2. The van der Waals surface area contributed by atoms with Gasteiger partial charge in [0.15, 0.2) is 5.84 Å². The molecule has 0 atom stereocenters. The maximum absolute atomic E-state index is 14.0. The van der Waals surface area contributed by atoms with Crippen molar-refractivity contribution < 1.29 is 9.13 Å². The second-order valence-electron chi connectivity index (χ2n) is 6.16. The molecule has 0 aromatic heterocycles. The van der Waals surface area contributed by atoms with Crippen LogP contribution in [0.25, 0.3) is 0 Å². The van der Waals surface area contributed by atoms with Crippen molar-refractivity contribution in [2.45, 2.75) is 6.92 Å². The number of hydrogen-bond donors (Lipinski definition) is 1. The highest BCUT2D eigenvalue weighted by Crippen LogP contribution is 2.27. The van der Waals surface area contributed by atoms with Crippen LogP contribution in [0.2, 0.25) is 5.02 Å². The Balaban J connectivity index is 1.79. The van der Waals surface area contributed by atoms with E-state index >= 15 is 0 Å². The van der Waals surface area contributed by atoms with E-state index in [0.29, 0.717) is 34.4 Å². The summed E-state index contributed by atoms with van der Waals surface area (Å²) < 4.78 is 19.5. The zero-order chi connectivity index (χ0) is 19.5. The molecule has 1 aliphatic heterocycles. The monoisotopic (exact) mass is 393 g/mol. The van der Waals surface area contributed by atoms with E-state index in [-0.39, 0.29) is 5.82 Å². The Morgan fingerprint density at radius 2 is 1.68 bits per heavy atom. The van der Waals surface area contributed by atoms with Gasteiger partial charge in [0.2, 0.25) is 0 Å². The van der Waals surface area contributed by atoms with Crippen LogP contribution in [0.1, 0.15) is 23.6 Å². The summed E-state index contributed by atoms with van der Waals surface area (Å²) >= 11 is 5.98. The standard InChI is InChI=1S/C22H17ClFN3O/c1-2-28-18-10-5-14(6-11-18)21-19-13-17(24)9-12-20(19)25-22(27-26-21)15-3-7-16(23)8-4-15/h3-13H,2H2,1H3,(H,25,27). The van der Waals surface area contributed by atoms with Gasteiger partial charge in [0.05, 0.1) is 12.3 Å². The molecule has 0 radical (unpaired) electrons. The van der Waals surface area contributed by atoms with Crippen LogP contribution < -0.4 is 10.2 Å². The van der Waals surface area contributed by atoms with Crippen LogP contribution in [-0.4, -0.2) is 18.2 Å². The third-order valence-corrected chi connectivity index (χ3v) is 4.53. The van der Waals surface area contributed by atoms with Gasteiger partial charge in [-0.2, -0.15) is 5.10 Å². The number of hydrogen-bond acceptors (Lipinski definition) is 4. The number of benzene rings is 3. The van der Waals surface area contributed by atoms with Gasteiger partial charge in [-0.1, -0.05) is 11.6 Å². The number of rotatable bonds is 4. The van der Waals surface area contributed by atoms with Crippen LogP contribution in [0.15, 0.2) is 76.8 Å². The SMILES string of the molecule is CCOc1ccc(C2=NNC(c3ccc(Cl)cc3)=Nc3ccc(F)cc32)cc1. The normalized spacial score (nSPS) is 13.0. The Kier molecular flexibility index (Phi) is 5.08. The molecule has 0 bridgehead atoms. The summed E-state index contributed by atoms with van der Waals surface area (Å²) in [6.07, 6.45) is 0. The molecule has 0 unspecified atom stereocenters. The van der Waals surface area contributed by atoms with E-state index in [4.69, 9.17) is 16.3 Å². The van der Waals surface area contributed by atoms with Gasteiger partial charge in [-0.15, -0.1) is 0 Å². The molecule has 28 heavy (non-hydrogen) atoms. The fourth-order valence-electron chi connectivity index (χ4n) is 2.94. The molecule has 0 amide bonds. The molecule has 1 aliphatic rings. The molecule has 4 nitrogen and oxygen atoms in total. The van der Waals surface area contributed by atoms with Crippen molar-refractivity contribution in [2.75, 3.05) is 6.61 Å². The lowest BCUT2D eigenvalue weighted by Gasteiger charge is -2.09.